The maximum absolute atomic E-state index is 11.0. The van der Waals surface area contributed by atoms with E-state index in [2.05, 4.69) is 5.32 Å². The Hall–Kier alpha value is -1.34. The maximum Gasteiger partial charge on any atom is 0.407 e. The Kier molecular flexibility index (Phi) is 9.75. The summed E-state index contributed by atoms with van der Waals surface area (Å²) in [5, 5.41) is 2.60. The van der Waals surface area contributed by atoms with Gasteiger partial charge in [-0.2, -0.15) is 0 Å². The first kappa shape index (κ1) is 18.7. The highest BCUT2D eigenvalue weighted by atomic mass is 16.6. The predicted molar refractivity (Wildman–Crippen MR) is 76.4 cm³/mol. The zero-order valence-electron chi connectivity index (χ0n) is 12.7. The number of morpholine rings is 1. The minimum atomic E-state index is -0.424. The van der Waals surface area contributed by atoms with Crippen LogP contribution in [0.3, 0.4) is 0 Å². The Morgan fingerprint density at radius 1 is 1.40 bits per heavy atom. The number of alkyl carbamates (subject to hydrolysis) is 1. The third-order valence-corrected chi connectivity index (χ3v) is 2.24. The van der Waals surface area contributed by atoms with Crippen LogP contribution in [0.25, 0.3) is 0 Å². The maximum atomic E-state index is 11.0. The molecule has 0 saturated carbocycles. The molecule has 1 fully saturated rings. The van der Waals surface area contributed by atoms with Crippen LogP contribution in [0.15, 0.2) is 0 Å². The van der Waals surface area contributed by atoms with Crippen molar-refractivity contribution in [2.75, 3.05) is 39.4 Å². The third-order valence-electron chi connectivity index (χ3n) is 2.24. The monoisotopic (exact) mass is 289 g/mol. The van der Waals surface area contributed by atoms with Gasteiger partial charge in [0.05, 0.1) is 13.2 Å². The van der Waals surface area contributed by atoms with Crippen LogP contribution >= 0.6 is 0 Å². The molecule has 7 heteroatoms. The van der Waals surface area contributed by atoms with Crippen LogP contribution in [0.4, 0.5) is 4.79 Å². The molecule has 1 aliphatic rings. The molecule has 0 spiro atoms. The van der Waals surface area contributed by atoms with Gasteiger partial charge in [-0.3, -0.25) is 4.79 Å². The van der Waals surface area contributed by atoms with Crippen LogP contribution < -0.4 is 11.1 Å². The Morgan fingerprint density at radius 3 is 2.40 bits per heavy atom. The zero-order valence-corrected chi connectivity index (χ0v) is 12.7. The van der Waals surface area contributed by atoms with Gasteiger partial charge in [-0.25, -0.2) is 4.79 Å². The van der Waals surface area contributed by atoms with E-state index in [1.165, 1.54) is 0 Å². The number of carbonyl (C=O) groups is 2. The summed E-state index contributed by atoms with van der Waals surface area (Å²) in [6, 6.07) is 0. The number of nitrogens with one attached hydrogen (secondary N) is 1. The molecule has 1 rings (SSSR count). The molecule has 1 aliphatic heterocycles. The highest BCUT2D eigenvalue weighted by Crippen LogP contribution is 2.06. The number of ether oxygens (including phenoxy) is 2. The van der Waals surface area contributed by atoms with E-state index in [0.29, 0.717) is 26.3 Å². The molecular formula is C13H27N3O4. The average molecular weight is 289 g/mol. The smallest absolute Gasteiger partial charge is 0.407 e. The summed E-state index contributed by atoms with van der Waals surface area (Å²) in [7, 11) is 0. The van der Waals surface area contributed by atoms with Gasteiger partial charge in [-0.05, 0) is 33.7 Å². The summed E-state index contributed by atoms with van der Waals surface area (Å²) >= 11 is 0. The van der Waals surface area contributed by atoms with Gasteiger partial charge in [0.25, 0.3) is 0 Å². The van der Waals surface area contributed by atoms with Gasteiger partial charge < -0.3 is 25.4 Å². The Morgan fingerprint density at radius 2 is 2.00 bits per heavy atom. The molecule has 1 heterocycles. The van der Waals surface area contributed by atoms with E-state index in [1.807, 2.05) is 20.8 Å². The van der Waals surface area contributed by atoms with Gasteiger partial charge in [0, 0.05) is 19.6 Å². The van der Waals surface area contributed by atoms with E-state index >= 15 is 0 Å². The number of nitrogens with two attached hydrogens (primary N) is 1. The number of carbonyl (C=O) groups excluding carboxylic acids is 2. The number of hydrogen-bond donors (Lipinski definition) is 2. The number of rotatable bonds is 4. The first-order chi connectivity index (χ1) is 9.39. The van der Waals surface area contributed by atoms with Crippen molar-refractivity contribution in [3.63, 3.8) is 0 Å². The molecule has 7 nitrogen and oxygen atoms in total. The van der Waals surface area contributed by atoms with Gasteiger partial charge in [-0.1, -0.05) is 0 Å². The van der Waals surface area contributed by atoms with Gasteiger partial charge >= 0.3 is 6.09 Å². The fourth-order valence-corrected chi connectivity index (χ4v) is 1.29. The first-order valence-electron chi connectivity index (χ1n) is 6.83. The van der Waals surface area contributed by atoms with Gasteiger partial charge in [0.15, 0.2) is 0 Å². The number of amides is 2. The quantitative estimate of drug-likeness (QED) is 0.575. The topological polar surface area (TPSA) is 93.9 Å². The fourth-order valence-electron chi connectivity index (χ4n) is 1.29. The minimum absolute atomic E-state index is 0.379. The van der Waals surface area contributed by atoms with Gasteiger partial charge in [0.2, 0.25) is 6.41 Å². The van der Waals surface area contributed by atoms with Crippen molar-refractivity contribution in [2.45, 2.75) is 32.8 Å². The molecule has 0 unspecified atom stereocenters. The molecule has 1 saturated heterocycles. The van der Waals surface area contributed by atoms with Crippen LogP contribution in [0.5, 0.6) is 0 Å². The first-order valence-corrected chi connectivity index (χ1v) is 6.83. The van der Waals surface area contributed by atoms with Crippen molar-refractivity contribution in [1.82, 2.24) is 10.2 Å². The molecule has 0 aromatic heterocycles. The summed E-state index contributed by atoms with van der Waals surface area (Å²) in [5.41, 5.74) is 4.83. The Bertz CT molecular complexity index is 273. The molecule has 0 bridgehead atoms. The molecular weight excluding hydrogens is 262 g/mol. The second-order valence-electron chi connectivity index (χ2n) is 5.32. The van der Waals surface area contributed by atoms with E-state index in [-0.39, 0.29) is 6.09 Å². The van der Waals surface area contributed by atoms with Crippen LogP contribution in [-0.2, 0) is 14.3 Å². The predicted octanol–water partition coefficient (Wildman–Crippen LogP) is 0.335. The summed E-state index contributed by atoms with van der Waals surface area (Å²) in [5.74, 6) is 0. The lowest BCUT2D eigenvalue weighted by Gasteiger charge is -2.21. The molecule has 2 amide bonds. The van der Waals surface area contributed by atoms with Crippen molar-refractivity contribution in [3.8, 4) is 0 Å². The van der Waals surface area contributed by atoms with E-state index in [1.54, 1.807) is 4.90 Å². The van der Waals surface area contributed by atoms with Crippen molar-refractivity contribution >= 4 is 12.5 Å². The highest BCUT2D eigenvalue weighted by Gasteiger charge is 2.15. The SMILES string of the molecule is CC(C)(C)OC(=O)NCCCN.O=CN1CCOCC1. The largest absolute Gasteiger partial charge is 0.444 e. The van der Waals surface area contributed by atoms with E-state index in [9.17, 15) is 9.59 Å². The zero-order chi connectivity index (χ0) is 15.4. The van der Waals surface area contributed by atoms with Crippen LogP contribution in [0.2, 0.25) is 0 Å². The Balaban J connectivity index is 0.000000388. The molecule has 3 N–H and O–H groups in total. The number of nitrogens with zero attached hydrogens (tertiary/aromatic N) is 1. The lowest BCUT2D eigenvalue weighted by atomic mass is 10.2. The third kappa shape index (κ3) is 11.7. The number of hydrogen-bond acceptors (Lipinski definition) is 5. The standard InChI is InChI=1S/C8H18N2O2.C5H9NO2/c1-8(2,3)12-7(11)10-6-4-5-9;7-5-6-1-3-8-4-2-6/h4-6,9H2,1-3H3,(H,10,11);5H,1-4H2. The van der Waals surface area contributed by atoms with Crippen molar-refractivity contribution in [1.29, 1.82) is 0 Å². The van der Waals surface area contributed by atoms with Crippen molar-refractivity contribution in [3.05, 3.63) is 0 Å². The lowest BCUT2D eigenvalue weighted by Crippen LogP contribution is -2.34. The summed E-state index contributed by atoms with van der Waals surface area (Å²) in [4.78, 5) is 22.7. The fraction of sp³-hybridized carbons (Fsp3) is 0.846. The lowest BCUT2D eigenvalue weighted by molar-refractivity contribution is -0.121. The summed E-state index contributed by atoms with van der Waals surface area (Å²) in [6.45, 7) is 9.53. The molecule has 0 aliphatic carbocycles. The van der Waals surface area contributed by atoms with Gasteiger partial charge in [0.1, 0.15) is 5.60 Å². The van der Waals surface area contributed by atoms with Crippen LogP contribution in [-0.4, -0.2) is 62.4 Å². The molecule has 0 aromatic rings. The molecule has 0 radical (unpaired) electrons. The van der Waals surface area contributed by atoms with Crippen molar-refractivity contribution < 1.29 is 19.1 Å². The molecule has 20 heavy (non-hydrogen) atoms. The van der Waals surface area contributed by atoms with E-state index < -0.39 is 5.60 Å². The van der Waals surface area contributed by atoms with Crippen molar-refractivity contribution in [2.24, 2.45) is 5.73 Å². The van der Waals surface area contributed by atoms with Crippen LogP contribution in [0.1, 0.15) is 27.2 Å². The normalized spacial score (nSPS) is 14.9. The van der Waals surface area contributed by atoms with Gasteiger partial charge in [-0.15, -0.1) is 0 Å². The molecule has 0 aromatic carbocycles. The highest BCUT2D eigenvalue weighted by molar-refractivity contribution is 5.67. The second-order valence-corrected chi connectivity index (χ2v) is 5.32. The Labute approximate surface area is 120 Å². The van der Waals surface area contributed by atoms with E-state index in [4.69, 9.17) is 15.2 Å². The average Bonchev–Trinajstić information content (AvgIpc) is 2.39. The molecule has 0 atom stereocenters. The summed E-state index contributed by atoms with van der Waals surface area (Å²) in [6.07, 6.45) is 1.26. The summed E-state index contributed by atoms with van der Waals surface area (Å²) < 4.78 is 9.99. The van der Waals surface area contributed by atoms with Crippen LogP contribution in [0, 0.1) is 0 Å². The second kappa shape index (κ2) is 10.4. The molecule has 118 valence electrons. The minimum Gasteiger partial charge on any atom is -0.444 e. The van der Waals surface area contributed by atoms with E-state index in [0.717, 1.165) is 25.9 Å².